The number of amides is 1. The predicted molar refractivity (Wildman–Crippen MR) is 98.8 cm³/mol. The highest BCUT2D eigenvalue weighted by molar-refractivity contribution is 5.94. The molecule has 1 aromatic heterocycles. The van der Waals surface area contributed by atoms with Crippen LogP contribution in [0, 0.1) is 6.92 Å². The first-order valence-corrected chi connectivity index (χ1v) is 6.84. The number of rotatable bonds is 5. The van der Waals surface area contributed by atoms with Gasteiger partial charge in [-0.05, 0) is 37.6 Å². The minimum absolute atomic E-state index is 0. The summed E-state index contributed by atoms with van der Waals surface area (Å²) in [6, 6.07) is 8.41. The number of pyridine rings is 1. The molecule has 3 N–H and O–H groups in total. The monoisotopic (exact) mass is 373 g/mol. The van der Waals surface area contributed by atoms with Crippen molar-refractivity contribution in [2.75, 3.05) is 12.4 Å². The van der Waals surface area contributed by atoms with Gasteiger partial charge in [0.25, 0.3) is 0 Å². The molecule has 0 radical (unpaired) electrons. The molecule has 8 heteroatoms. The third-order valence-electron chi connectivity index (χ3n) is 2.95. The maximum absolute atomic E-state index is 11.5. The second kappa shape index (κ2) is 9.97. The van der Waals surface area contributed by atoms with Crippen molar-refractivity contribution in [3.05, 3.63) is 42.1 Å². The van der Waals surface area contributed by atoms with Crippen LogP contribution in [0.2, 0.25) is 0 Å². The van der Waals surface area contributed by atoms with E-state index < -0.39 is 6.04 Å². The summed E-state index contributed by atoms with van der Waals surface area (Å²) < 4.78 is 11.0. The molecule has 1 amide bonds. The fourth-order valence-electron chi connectivity index (χ4n) is 1.74. The first-order chi connectivity index (χ1) is 10.5. The molecule has 0 aliphatic heterocycles. The van der Waals surface area contributed by atoms with Crippen LogP contribution in [0.1, 0.15) is 12.5 Å². The van der Waals surface area contributed by atoms with Gasteiger partial charge in [0.1, 0.15) is 0 Å². The summed E-state index contributed by atoms with van der Waals surface area (Å²) >= 11 is 0. The summed E-state index contributed by atoms with van der Waals surface area (Å²) in [7, 11) is 1.58. The first-order valence-electron chi connectivity index (χ1n) is 6.84. The molecule has 0 bridgehead atoms. The predicted octanol–water partition coefficient (Wildman–Crippen LogP) is 3.32. The van der Waals surface area contributed by atoms with Crippen LogP contribution in [0.25, 0.3) is 0 Å². The third-order valence-corrected chi connectivity index (χ3v) is 2.95. The number of aromatic nitrogens is 1. The highest BCUT2D eigenvalue weighted by Gasteiger charge is 2.09. The number of anilines is 1. The number of halogens is 2. The van der Waals surface area contributed by atoms with Gasteiger partial charge in [-0.15, -0.1) is 24.8 Å². The lowest BCUT2D eigenvalue weighted by Crippen LogP contribution is -2.32. The fourth-order valence-corrected chi connectivity index (χ4v) is 1.74. The Kier molecular flexibility index (Phi) is 9.13. The standard InChI is InChI=1S/C16H19N3O3.2ClH/c1-10-4-6-13(14(8-10)21-3)22-15-7-5-12(9-18-15)19-16(20)11(2)17;;/h4-9,11H,17H2,1-3H3,(H,19,20);2*1H/t11-;;/m1../s1. The number of nitrogens with two attached hydrogens (primary N) is 1. The number of hydrogen-bond acceptors (Lipinski definition) is 5. The SMILES string of the molecule is COc1cc(C)ccc1Oc1ccc(NC(=O)[C@@H](C)N)cn1.Cl.Cl. The van der Waals surface area contributed by atoms with Crippen LogP contribution in [-0.2, 0) is 4.79 Å². The number of hydrogen-bond donors (Lipinski definition) is 2. The van der Waals surface area contributed by atoms with E-state index in [1.165, 1.54) is 6.20 Å². The minimum Gasteiger partial charge on any atom is -0.493 e. The number of carbonyl (C=O) groups is 1. The van der Waals surface area contributed by atoms with E-state index in [0.29, 0.717) is 23.1 Å². The van der Waals surface area contributed by atoms with Gasteiger partial charge in [0.15, 0.2) is 11.5 Å². The number of aryl methyl sites for hydroxylation is 1. The topological polar surface area (TPSA) is 86.5 Å². The summed E-state index contributed by atoms with van der Waals surface area (Å²) in [4.78, 5) is 15.6. The summed E-state index contributed by atoms with van der Waals surface area (Å²) in [5.74, 6) is 1.35. The van der Waals surface area contributed by atoms with Crippen LogP contribution in [0.5, 0.6) is 17.4 Å². The van der Waals surface area contributed by atoms with Crippen LogP contribution in [0.15, 0.2) is 36.5 Å². The summed E-state index contributed by atoms with van der Waals surface area (Å²) in [6.07, 6.45) is 1.51. The minimum atomic E-state index is -0.576. The van der Waals surface area contributed by atoms with Crippen molar-refractivity contribution in [3.8, 4) is 17.4 Å². The number of nitrogens with one attached hydrogen (secondary N) is 1. The van der Waals surface area contributed by atoms with Gasteiger partial charge in [0, 0.05) is 6.07 Å². The van der Waals surface area contributed by atoms with Crippen molar-refractivity contribution >= 4 is 36.4 Å². The van der Waals surface area contributed by atoms with Gasteiger partial charge in [-0.3, -0.25) is 4.79 Å². The zero-order valence-corrected chi connectivity index (χ0v) is 15.2. The molecule has 6 nitrogen and oxygen atoms in total. The van der Waals surface area contributed by atoms with E-state index in [9.17, 15) is 4.79 Å². The molecule has 0 fully saturated rings. The highest BCUT2D eigenvalue weighted by atomic mass is 35.5. The zero-order valence-electron chi connectivity index (χ0n) is 13.6. The zero-order chi connectivity index (χ0) is 16.1. The number of carbonyl (C=O) groups excluding carboxylic acids is 1. The van der Waals surface area contributed by atoms with Gasteiger partial charge >= 0.3 is 0 Å². The van der Waals surface area contributed by atoms with Gasteiger partial charge in [-0.2, -0.15) is 0 Å². The summed E-state index contributed by atoms with van der Waals surface area (Å²) in [6.45, 7) is 3.59. The molecule has 0 saturated heterocycles. The van der Waals surface area contributed by atoms with Crippen LogP contribution < -0.4 is 20.5 Å². The maximum atomic E-state index is 11.5. The summed E-state index contributed by atoms with van der Waals surface area (Å²) in [5, 5.41) is 2.66. The average molecular weight is 374 g/mol. The van der Waals surface area contributed by atoms with Crippen LogP contribution >= 0.6 is 24.8 Å². The Balaban J connectivity index is 0.00000264. The lowest BCUT2D eigenvalue weighted by atomic mass is 10.2. The van der Waals surface area contributed by atoms with E-state index >= 15 is 0 Å². The second-order valence-electron chi connectivity index (χ2n) is 4.92. The molecule has 0 spiro atoms. The Morgan fingerprint density at radius 3 is 2.46 bits per heavy atom. The molecule has 132 valence electrons. The van der Waals surface area contributed by atoms with E-state index in [1.807, 2.05) is 25.1 Å². The quantitative estimate of drug-likeness (QED) is 0.839. The molecule has 2 rings (SSSR count). The van der Waals surface area contributed by atoms with E-state index in [4.69, 9.17) is 15.2 Å². The van der Waals surface area contributed by atoms with Crippen molar-refractivity contribution < 1.29 is 14.3 Å². The Labute approximate surface area is 153 Å². The fraction of sp³-hybridized carbons (Fsp3) is 0.250. The van der Waals surface area contributed by atoms with Crippen molar-refractivity contribution in [2.24, 2.45) is 5.73 Å². The number of benzene rings is 1. The first kappa shape index (κ1) is 22.0. The number of ether oxygens (including phenoxy) is 2. The molecule has 1 atom stereocenters. The molecule has 1 aromatic carbocycles. The Morgan fingerprint density at radius 1 is 1.21 bits per heavy atom. The smallest absolute Gasteiger partial charge is 0.241 e. The van der Waals surface area contributed by atoms with Gasteiger partial charge in [-0.1, -0.05) is 6.07 Å². The van der Waals surface area contributed by atoms with Gasteiger partial charge < -0.3 is 20.5 Å². The largest absolute Gasteiger partial charge is 0.493 e. The van der Waals surface area contributed by atoms with E-state index in [0.717, 1.165) is 5.56 Å². The van der Waals surface area contributed by atoms with Gasteiger partial charge in [0.05, 0.1) is 25.0 Å². The normalized spacial score (nSPS) is 10.7. The maximum Gasteiger partial charge on any atom is 0.241 e. The van der Waals surface area contributed by atoms with E-state index in [-0.39, 0.29) is 30.7 Å². The second-order valence-corrected chi connectivity index (χ2v) is 4.92. The molecular weight excluding hydrogens is 353 g/mol. The Hall–Kier alpha value is -2.02. The molecule has 0 saturated carbocycles. The molecule has 2 aromatic rings. The van der Waals surface area contributed by atoms with Crippen LogP contribution in [0.4, 0.5) is 5.69 Å². The van der Waals surface area contributed by atoms with E-state index in [1.54, 1.807) is 26.2 Å². The summed E-state index contributed by atoms with van der Waals surface area (Å²) in [5.41, 5.74) is 7.12. The number of nitrogens with zero attached hydrogens (tertiary/aromatic N) is 1. The lowest BCUT2D eigenvalue weighted by molar-refractivity contribution is -0.117. The molecule has 1 heterocycles. The Bertz CT molecular complexity index is 664. The van der Waals surface area contributed by atoms with Crippen molar-refractivity contribution in [1.29, 1.82) is 0 Å². The molecule has 0 aliphatic rings. The van der Waals surface area contributed by atoms with Crippen molar-refractivity contribution in [2.45, 2.75) is 19.9 Å². The van der Waals surface area contributed by atoms with Crippen LogP contribution in [-0.4, -0.2) is 24.0 Å². The van der Waals surface area contributed by atoms with Crippen molar-refractivity contribution in [3.63, 3.8) is 0 Å². The molecular formula is C16H21Cl2N3O3. The molecule has 0 aliphatic carbocycles. The van der Waals surface area contributed by atoms with Gasteiger partial charge in [-0.25, -0.2) is 4.98 Å². The average Bonchev–Trinajstić information content (AvgIpc) is 2.50. The number of methoxy groups -OCH3 is 1. The van der Waals surface area contributed by atoms with Gasteiger partial charge in [0.2, 0.25) is 11.8 Å². The highest BCUT2D eigenvalue weighted by Crippen LogP contribution is 2.31. The third kappa shape index (κ3) is 5.88. The molecule has 24 heavy (non-hydrogen) atoms. The van der Waals surface area contributed by atoms with Crippen molar-refractivity contribution in [1.82, 2.24) is 4.98 Å². The van der Waals surface area contributed by atoms with Crippen LogP contribution in [0.3, 0.4) is 0 Å². The molecule has 0 unspecified atom stereocenters. The van der Waals surface area contributed by atoms with E-state index in [2.05, 4.69) is 10.3 Å². The Morgan fingerprint density at radius 2 is 1.92 bits per heavy atom. The lowest BCUT2D eigenvalue weighted by Gasteiger charge is -2.11.